The summed E-state index contributed by atoms with van der Waals surface area (Å²) in [5.41, 5.74) is 3.84. The largest absolute Gasteiger partial charge is 0.490 e. The molecule has 3 aromatic rings. The van der Waals surface area contributed by atoms with E-state index in [0.29, 0.717) is 13.2 Å². The summed E-state index contributed by atoms with van der Waals surface area (Å²) in [5.74, 6) is 1.73. The van der Waals surface area contributed by atoms with E-state index in [2.05, 4.69) is 55.6 Å². The van der Waals surface area contributed by atoms with Crippen molar-refractivity contribution >= 4 is 0 Å². The summed E-state index contributed by atoms with van der Waals surface area (Å²) in [5, 5.41) is 3.57. The van der Waals surface area contributed by atoms with Crippen LogP contribution in [0.4, 0.5) is 0 Å². The number of benzene rings is 3. The van der Waals surface area contributed by atoms with Crippen LogP contribution in [0, 0.1) is 6.92 Å². The van der Waals surface area contributed by atoms with Crippen LogP contribution in [0.5, 0.6) is 11.5 Å². The summed E-state index contributed by atoms with van der Waals surface area (Å²) in [4.78, 5) is 0. The van der Waals surface area contributed by atoms with Gasteiger partial charge in [-0.25, -0.2) is 0 Å². The van der Waals surface area contributed by atoms with Gasteiger partial charge in [-0.15, -0.1) is 0 Å². The topological polar surface area (TPSA) is 30.5 Å². The van der Waals surface area contributed by atoms with Gasteiger partial charge in [-0.1, -0.05) is 60.2 Å². The molecule has 3 nitrogen and oxygen atoms in total. The lowest BCUT2D eigenvalue weighted by Gasteiger charge is -2.15. The molecular weight excluding hydrogens is 334 g/mol. The zero-order valence-corrected chi connectivity index (χ0v) is 16.0. The van der Waals surface area contributed by atoms with Crippen LogP contribution < -0.4 is 14.8 Å². The van der Waals surface area contributed by atoms with Crippen molar-refractivity contribution in [2.45, 2.75) is 26.4 Å². The molecule has 3 rings (SSSR count). The smallest absolute Gasteiger partial charge is 0.122 e. The van der Waals surface area contributed by atoms with Crippen LogP contribution in [0.3, 0.4) is 0 Å². The van der Waals surface area contributed by atoms with Gasteiger partial charge in [-0.3, -0.25) is 0 Å². The van der Waals surface area contributed by atoms with E-state index in [9.17, 15) is 0 Å². The Morgan fingerprint density at radius 2 is 1.44 bits per heavy atom. The summed E-state index contributed by atoms with van der Waals surface area (Å²) < 4.78 is 11.4. The minimum absolute atomic E-state index is 0.279. The van der Waals surface area contributed by atoms with E-state index < -0.39 is 0 Å². The number of aryl methyl sites for hydroxylation is 1. The third-order valence-electron chi connectivity index (χ3n) is 4.44. The Morgan fingerprint density at radius 1 is 0.778 bits per heavy atom. The van der Waals surface area contributed by atoms with E-state index in [-0.39, 0.29) is 6.04 Å². The van der Waals surface area contributed by atoms with E-state index in [0.717, 1.165) is 18.0 Å². The van der Waals surface area contributed by atoms with Gasteiger partial charge in [-0.2, -0.15) is 0 Å². The molecule has 0 saturated carbocycles. The fourth-order valence-corrected chi connectivity index (χ4v) is 2.90. The summed E-state index contributed by atoms with van der Waals surface area (Å²) >= 11 is 0. The Labute approximate surface area is 162 Å². The van der Waals surface area contributed by atoms with Crippen molar-refractivity contribution in [2.75, 3.05) is 13.2 Å². The number of hydrogen-bond donors (Lipinski definition) is 1. The average molecular weight is 361 g/mol. The second-order valence-corrected chi connectivity index (χ2v) is 6.67. The molecule has 0 spiro atoms. The van der Waals surface area contributed by atoms with Crippen LogP contribution in [0.25, 0.3) is 0 Å². The molecule has 0 aliphatic rings. The maximum absolute atomic E-state index is 5.76. The van der Waals surface area contributed by atoms with Gasteiger partial charge in [0.15, 0.2) is 0 Å². The molecule has 0 aliphatic heterocycles. The molecule has 3 heteroatoms. The van der Waals surface area contributed by atoms with Crippen molar-refractivity contribution in [1.82, 2.24) is 5.32 Å². The van der Waals surface area contributed by atoms with Crippen LogP contribution in [0.1, 0.15) is 29.7 Å². The number of ether oxygens (including phenoxy) is 2. The Hall–Kier alpha value is -2.78. The van der Waals surface area contributed by atoms with Gasteiger partial charge in [0, 0.05) is 12.6 Å². The first-order valence-corrected chi connectivity index (χ1v) is 9.40. The van der Waals surface area contributed by atoms with E-state index in [1.54, 1.807) is 0 Å². The van der Waals surface area contributed by atoms with Gasteiger partial charge in [0.1, 0.15) is 24.7 Å². The molecule has 0 amide bonds. The minimum atomic E-state index is 0.279. The summed E-state index contributed by atoms with van der Waals surface area (Å²) in [7, 11) is 0. The molecule has 1 N–H and O–H groups in total. The number of nitrogens with one attached hydrogen (secondary N) is 1. The highest BCUT2D eigenvalue weighted by atomic mass is 16.5. The van der Waals surface area contributed by atoms with E-state index >= 15 is 0 Å². The Balaban J connectivity index is 1.42. The first-order chi connectivity index (χ1) is 13.2. The van der Waals surface area contributed by atoms with Gasteiger partial charge in [0.2, 0.25) is 0 Å². The zero-order valence-electron chi connectivity index (χ0n) is 16.0. The number of para-hydroxylation sites is 1. The molecule has 3 aromatic carbocycles. The van der Waals surface area contributed by atoms with Crippen LogP contribution in [-0.2, 0) is 6.54 Å². The average Bonchev–Trinajstić information content (AvgIpc) is 2.71. The van der Waals surface area contributed by atoms with Crippen molar-refractivity contribution in [2.24, 2.45) is 0 Å². The Kier molecular flexibility index (Phi) is 6.89. The lowest BCUT2D eigenvalue weighted by Crippen LogP contribution is -2.18. The van der Waals surface area contributed by atoms with Gasteiger partial charge >= 0.3 is 0 Å². The quantitative estimate of drug-likeness (QED) is 0.524. The van der Waals surface area contributed by atoms with Crippen LogP contribution >= 0.6 is 0 Å². The standard InChI is InChI=1S/C24H27NO2/c1-19-7-6-8-21(17-19)18-25-20(2)22-11-13-24(14-12-22)27-16-15-26-23-9-4-3-5-10-23/h3-14,17,20,25H,15-16,18H2,1-2H3. The Bertz CT molecular complexity index is 815. The molecule has 0 aliphatic carbocycles. The molecule has 0 fully saturated rings. The molecule has 0 bridgehead atoms. The third-order valence-corrected chi connectivity index (χ3v) is 4.44. The molecule has 1 unspecified atom stereocenters. The maximum atomic E-state index is 5.76. The lowest BCUT2D eigenvalue weighted by molar-refractivity contribution is 0.217. The lowest BCUT2D eigenvalue weighted by atomic mass is 10.1. The monoisotopic (exact) mass is 361 g/mol. The van der Waals surface area contributed by atoms with E-state index in [1.165, 1.54) is 16.7 Å². The number of hydrogen-bond acceptors (Lipinski definition) is 3. The molecule has 0 aromatic heterocycles. The normalized spacial score (nSPS) is 11.8. The van der Waals surface area contributed by atoms with Crippen molar-refractivity contribution in [1.29, 1.82) is 0 Å². The molecule has 1 atom stereocenters. The molecule has 0 radical (unpaired) electrons. The highest BCUT2D eigenvalue weighted by Gasteiger charge is 2.05. The zero-order chi connectivity index (χ0) is 18.9. The minimum Gasteiger partial charge on any atom is -0.490 e. The van der Waals surface area contributed by atoms with E-state index in [4.69, 9.17) is 9.47 Å². The highest BCUT2D eigenvalue weighted by Crippen LogP contribution is 2.18. The second-order valence-electron chi connectivity index (χ2n) is 6.67. The Morgan fingerprint density at radius 3 is 2.11 bits per heavy atom. The fraction of sp³-hybridized carbons (Fsp3) is 0.250. The van der Waals surface area contributed by atoms with E-state index in [1.807, 2.05) is 42.5 Å². The van der Waals surface area contributed by atoms with Crippen molar-refractivity contribution < 1.29 is 9.47 Å². The fourth-order valence-electron chi connectivity index (χ4n) is 2.90. The van der Waals surface area contributed by atoms with Crippen molar-refractivity contribution in [3.8, 4) is 11.5 Å². The first kappa shape index (κ1) is 19.0. The predicted octanol–water partition coefficient (Wildman–Crippen LogP) is 5.30. The molecule has 140 valence electrons. The van der Waals surface area contributed by atoms with Crippen LogP contribution in [0.15, 0.2) is 78.9 Å². The summed E-state index contributed by atoms with van der Waals surface area (Å²) in [6.45, 7) is 6.21. The molecule has 0 heterocycles. The van der Waals surface area contributed by atoms with Crippen LogP contribution in [0.2, 0.25) is 0 Å². The molecule has 27 heavy (non-hydrogen) atoms. The van der Waals surface area contributed by atoms with Crippen molar-refractivity contribution in [3.05, 3.63) is 95.6 Å². The van der Waals surface area contributed by atoms with Gasteiger partial charge in [-0.05, 0) is 49.2 Å². The summed E-state index contributed by atoms with van der Waals surface area (Å²) in [6.07, 6.45) is 0. The van der Waals surface area contributed by atoms with Gasteiger partial charge in [0.05, 0.1) is 0 Å². The summed E-state index contributed by atoms with van der Waals surface area (Å²) in [6, 6.07) is 26.9. The predicted molar refractivity (Wildman–Crippen MR) is 110 cm³/mol. The van der Waals surface area contributed by atoms with Gasteiger partial charge in [0.25, 0.3) is 0 Å². The van der Waals surface area contributed by atoms with Crippen molar-refractivity contribution in [3.63, 3.8) is 0 Å². The van der Waals surface area contributed by atoms with Gasteiger partial charge < -0.3 is 14.8 Å². The second kappa shape index (κ2) is 9.79. The first-order valence-electron chi connectivity index (χ1n) is 9.40. The SMILES string of the molecule is Cc1cccc(CNC(C)c2ccc(OCCOc3ccccc3)cc2)c1. The maximum Gasteiger partial charge on any atom is 0.122 e. The highest BCUT2D eigenvalue weighted by molar-refractivity contribution is 5.29. The number of rotatable bonds is 9. The third kappa shape index (κ3) is 6.15. The molecule has 0 saturated heterocycles. The van der Waals surface area contributed by atoms with Crippen LogP contribution in [-0.4, -0.2) is 13.2 Å². The molecular formula is C24H27NO2.